The second kappa shape index (κ2) is 15.8. The summed E-state index contributed by atoms with van der Waals surface area (Å²) in [6, 6.07) is 0. The molecule has 0 aromatic rings. The monoisotopic (exact) mass is 466 g/mol. The van der Waals surface area contributed by atoms with Gasteiger partial charge in [0.25, 0.3) is 0 Å². The van der Waals surface area contributed by atoms with Crippen molar-refractivity contribution in [1.29, 1.82) is 0 Å². The van der Waals surface area contributed by atoms with Crippen LogP contribution < -0.4 is 0 Å². The number of hydrogen-bond acceptors (Lipinski definition) is 12. The maximum absolute atomic E-state index is 11.5. The quantitative estimate of drug-likeness (QED) is 0.113. The van der Waals surface area contributed by atoms with E-state index in [1.165, 1.54) is 13.8 Å². The molecular weight excluding hydrogens is 440 g/mol. The van der Waals surface area contributed by atoms with E-state index in [4.69, 9.17) is 18.9 Å². The summed E-state index contributed by atoms with van der Waals surface area (Å²) < 4.78 is 19.0. The van der Waals surface area contributed by atoms with E-state index in [1.807, 2.05) is 0 Å². The topological polar surface area (TPSA) is 146 Å². The van der Waals surface area contributed by atoms with Crippen LogP contribution in [0.5, 0.6) is 0 Å². The van der Waals surface area contributed by atoms with Crippen LogP contribution in [-0.2, 0) is 38.1 Å². The number of ether oxygens (including phenoxy) is 4. The second-order valence-electron chi connectivity index (χ2n) is 5.96. The Kier molecular flexibility index (Phi) is 14.7. The molecule has 0 aliphatic rings. The second-order valence-corrected chi connectivity index (χ2v) is 8.42. The largest absolute Gasteiger partial charge is 0.462 e. The first kappa shape index (κ1) is 28.0. The van der Waals surface area contributed by atoms with Crippen molar-refractivity contribution >= 4 is 45.5 Å². The Hall–Kier alpha value is -2.02. The summed E-state index contributed by atoms with van der Waals surface area (Å²) in [5.41, 5.74) is 0.374. The summed E-state index contributed by atoms with van der Waals surface area (Å²) in [7, 11) is 2.07. The molecule has 0 rings (SSSR count). The fourth-order valence-electron chi connectivity index (χ4n) is 1.33. The molecule has 0 saturated heterocycles. The lowest BCUT2D eigenvalue weighted by atomic mass is 10.3. The van der Waals surface area contributed by atoms with Crippen LogP contribution in [0.15, 0.2) is 24.3 Å². The van der Waals surface area contributed by atoms with Gasteiger partial charge in [-0.25, -0.2) is 9.59 Å². The van der Waals surface area contributed by atoms with E-state index in [0.717, 1.165) is 21.6 Å². The molecule has 0 heterocycles. The third-order valence-corrected chi connectivity index (χ3v) is 4.90. The Balaban J connectivity index is 3.78. The van der Waals surface area contributed by atoms with Crippen LogP contribution >= 0.6 is 21.6 Å². The Morgan fingerprint density at radius 3 is 1.30 bits per heavy atom. The maximum atomic E-state index is 11.5. The van der Waals surface area contributed by atoms with Gasteiger partial charge >= 0.3 is 23.9 Å². The highest BCUT2D eigenvalue weighted by Crippen LogP contribution is 2.21. The molecule has 0 aliphatic heterocycles. The number of carbonyl (C=O) groups is 4. The summed E-state index contributed by atoms with van der Waals surface area (Å²) in [5.74, 6) is -2.73. The van der Waals surface area contributed by atoms with Gasteiger partial charge in [-0.15, -0.1) is 0 Å². The molecule has 10 nitrogen and oxygen atoms in total. The van der Waals surface area contributed by atoms with Gasteiger partial charge in [0.2, 0.25) is 0 Å². The lowest BCUT2D eigenvalue weighted by Gasteiger charge is -2.12. The minimum atomic E-state index is -1.16. The van der Waals surface area contributed by atoms with Gasteiger partial charge in [0, 0.05) is 11.1 Å². The fraction of sp³-hybridized carbons (Fsp3) is 0.556. The number of rotatable bonds is 15. The summed E-state index contributed by atoms with van der Waals surface area (Å²) in [6.07, 6.45) is -2.32. The van der Waals surface area contributed by atoms with E-state index in [1.54, 1.807) is 0 Å². The molecule has 0 fully saturated rings. The predicted molar refractivity (Wildman–Crippen MR) is 110 cm³/mol. The van der Waals surface area contributed by atoms with Gasteiger partial charge in [0.15, 0.2) is 0 Å². The average molecular weight is 467 g/mol. The first-order chi connectivity index (χ1) is 14.0. The number of hydrogen-bond donors (Lipinski definition) is 2. The van der Waals surface area contributed by atoms with Gasteiger partial charge in [-0.2, -0.15) is 0 Å². The van der Waals surface area contributed by atoms with E-state index in [-0.39, 0.29) is 49.1 Å². The molecule has 2 unspecified atom stereocenters. The number of aliphatic hydroxyl groups is 2. The minimum Gasteiger partial charge on any atom is -0.462 e. The van der Waals surface area contributed by atoms with Crippen LogP contribution in [0.1, 0.15) is 13.8 Å². The maximum Gasteiger partial charge on any atom is 0.333 e. The van der Waals surface area contributed by atoms with Crippen molar-refractivity contribution in [2.45, 2.75) is 26.1 Å². The van der Waals surface area contributed by atoms with Crippen molar-refractivity contribution in [3.8, 4) is 0 Å². The van der Waals surface area contributed by atoms with Gasteiger partial charge in [-0.3, -0.25) is 9.59 Å². The van der Waals surface area contributed by atoms with Crippen molar-refractivity contribution in [2.75, 3.05) is 37.9 Å². The Morgan fingerprint density at radius 1 is 0.700 bits per heavy atom. The Labute approximate surface area is 182 Å². The van der Waals surface area contributed by atoms with Gasteiger partial charge in [0.1, 0.15) is 50.1 Å². The smallest absolute Gasteiger partial charge is 0.333 e. The molecule has 0 aromatic heterocycles. The van der Waals surface area contributed by atoms with Crippen LogP contribution in [0.3, 0.4) is 0 Å². The van der Waals surface area contributed by atoms with Crippen LogP contribution in [0.4, 0.5) is 0 Å². The molecule has 0 aliphatic carbocycles. The molecule has 2 N–H and O–H groups in total. The molecule has 0 aromatic carbocycles. The normalized spacial score (nSPS) is 12.3. The predicted octanol–water partition coefficient (Wildman–Crippen LogP) is 0.415. The summed E-state index contributed by atoms with van der Waals surface area (Å²) in [6.45, 7) is 8.36. The lowest BCUT2D eigenvalue weighted by molar-refractivity contribution is -0.149. The van der Waals surface area contributed by atoms with Gasteiger partial charge in [-0.1, -0.05) is 34.7 Å². The Bertz CT molecular complexity index is 580. The third-order valence-electron chi connectivity index (χ3n) is 2.82. The van der Waals surface area contributed by atoms with Crippen molar-refractivity contribution in [3.05, 3.63) is 24.3 Å². The number of esters is 4. The highest BCUT2D eigenvalue weighted by atomic mass is 33.1. The van der Waals surface area contributed by atoms with Crippen molar-refractivity contribution in [3.63, 3.8) is 0 Å². The van der Waals surface area contributed by atoms with Crippen LogP contribution in [0.25, 0.3) is 0 Å². The molecule has 0 amide bonds. The molecule has 12 heteroatoms. The van der Waals surface area contributed by atoms with E-state index < -0.39 is 36.1 Å². The summed E-state index contributed by atoms with van der Waals surface area (Å²) in [5, 5.41) is 19.1. The highest BCUT2D eigenvalue weighted by Gasteiger charge is 2.14. The number of carbonyl (C=O) groups excluding carboxylic acids is 4. The highest BCUT2D eigenvalue weighted by molar-refractivity contribution is 8.77. The van der Waals surface area contributed by atoms with Crippen molar-refractivity contribution < 1.29 is 48.3 Å². The van der Waals surface area contributed by atoms with Crippen molar-refractivity contribution in [1.82, 2.24) is 0 Å². The molecular formula is C18H26O10S2. The molecule has 0 bridgehead atoms. The zero-order valence-corrected chi connectivity index (χ0v) is 18.4. The van der Waals surface area contributed by atoms with Crippen LogP contribution in [-0.4, -0.2) is 84.2 Å². The zero-order valence-electron chi connectivity index (χ0n) is 16.8. The number of aliphatic hydroxyl groups excluding tert-OH is 2. The van der Waals surface area contributed by atoms with Gasteiger partial charge in [-0.05, 0) is 13.8 Å². The van der Waals surface area contributed by atoms with E-state index in [2.05, 4.69) is 13.2 Å². The summed E-state index contributed by atoms with van der Waals surface area (Å²) >= 11 is 0. The van der Waals surface area contributed by atoms with Gasteiger partial charge < -0.3 is 29.2 Å². The van der Waals surface area contributed by atoms with E-state index in [9.17, 15) is 29.4 Å². The SMILES string of the molecule is C=C(C)C(=O)OCC(O)COC(=O)CSSCC(=O)OCC(O)COC(=O)C(=C)C. The van der Waals surface area contributed by atoms with Crippen LogP contribution in [0, 0.1) is 0 Å². The minimum absolute atomic E-state index is 0.0876. The molecule has 30 heavy (non-hydrogen) atoms. The molecule has 2 atom stereocenters. The molecule has 170 valence electrons. The zero-order chi connectivity index (χ0) is 23.1. The standard InChI is InChI=1S/C18H26O10S2/c1-11(2)17(23)27-7-13(19)5-25-15(21)9-29-30-10-16(22)26-6-14(20)8-28-18(24)12(3)4/h13-14,19-20H,1,3,5-10H2,2,4H3. The summed E-state index contributed by atoms with van der Waals surface area (Å²) in [4.78, 5) is 45.4. The first-order valence-electron chi connectivity index (χ1n) is 8.60. The molecule has 0 saturated carbocycles. The fourth-order valence-corrected chi connectivity index (χ4v) is 2.93. The van der Waals surface area contributed by atoms with E-state index >= 15 is 0 Å². The lowest BCUT2D eigenvalue weighted by Crippen LogP contribution is -2.26. The van der Waals surface area contributed by atoms with E-state index in [0.29, 0.717) is 0 Å². The average Bonchev–Trinajstić information content (AvgIpc) is 2.69. The van der Waals surface area contributed by atoms with Gasteiger partial charge in [0.05, 0.1) is 0 Å². The van der Waals surface area contributed by atoms with Crippen LogP contribution in [0.2, 0.25) is 0 Å². The first-order valence-corrected chi connectivity index (χ1v) is 11.1. The third kappa shape index (κ3) is 14.9. The van der Waals surface area contributed by atoms with Crippen molar-refractivity contribution in [2.24, 2.45) is 0 Å². The molecule has 0 spiro atoms. The Morgan fingerprint density at radius 2 is 1.00 bits per heavy atom. The molecule has 0 radical (unpaired) electrons.